The Balaban J connectivity index is 1.72. The van der Waals surface area contributed by atoms with E-state index in [0.29, 0.717) is 6.04 Å². The second kappa shape index (κ2) is 5.33. The third-order valence-corrected chi connectivity index (χ3v) is 5.21. The molecule has 0 aliphatic carbocycles. The van der Waals surface area contributed by atoms with Gasteiger partial charge in [-0.15, -0.1) is 0 Å². The Bertz CT molecular complexity index is 449. The van der Waals surface area contributed by atoms with Gasteiger partial charge in [0.25, 0.3) is 0 Å². The molecular formula is C15H22BrN3. The Labute approximate surface area is 123 Å². The van der Waals surface area contributed by atoms with Crippen LogP contribution >= 0.6 is 15.9 Å². The molecule has 104 valence electrons. The van der Waals surface area contributed by atoms with Crippen LogP contribution in [0, 0.1) is 0 Å². The van der Waals surface area contributed by atoms with Gasteiger partial charge in [0.05, 0.1) is 11.4 Å². The second-order valence-corrected chi connectivity index (χ2v) is 6.86. The molecule has 3 rings (SSSR count). The molecule has 2 aliphatic rings. The van der Waals surface area contributed by atoms with Crippen LogP contribution in [0.3, 0.4) is 0 Å². The minimum absolute atomic E-state index is 0.558. The summed E-state index contributed by atoms with van der Waals surface area (Å²) < 4.78 is 1.08. The number of halogens is 1. The van der Waals surface area contributed by atoms with Crippen molar-refractivity contribution in [1.29, 1.82) is 0 Å². The molecule has 3 nitrogen and oxygen atoms in total. The molecule has 0 amide bonds. The van der Waals surface area contributed by atoms with Crippen molar-refractivity contribution in [3.05, 3.63) is 22.7 Å². The third kappa shape index (κ3) is 2.75. The maximum atomic E-state index is 6.06. The van der Waals surface area contributed by atoms with Crippen LogP contribution in [-0.2, 0) is 0 Å². The number of nitrogens with zero attached hydrogens (tertiary/aromatic N) is 1. The Hall–Kier alpha value is -0.740. The SMILES string of the molecule is CN1C2CCCC1CC(Nc1cc(Br)ccc1N)C2. The summed E-state index contributed by atoms with van der Waals surface area (Å²) in [5.41, 5.74) is 7.97. The molecule has 0 radical (unpaired) electrons. The number of nitrogens with two attached hydrogens (primary N) is 1. The zero-order chi connectivity index (χ0) is 13.4. The number of hydrogen-bond donors (Lipinski definition) is 2. The highest BCUT2D eigenvalue weighted by Gasteiger charge is 2.35. The molecule has 3 N–H and O–H groups in total. The van der Waals surface area contributed by atoms with Gasteiger partial charge in [-0.05, 0) is 50.9 Å². The average molecular weight is 324 g/mol. The van der Waals surface area contributed by atoms with Crippen LogP contribution in [0.25, 0.3) is 0 Å². The molecular weight excluding hydrogens is 302 g/mol. The van der Waals surface area contributed by atoms with Gasteiger partial charge in [-0.3, -0.25) is 0 Å². The molecule has 4 heteroatoms. The Morgan fingerprint density at radius 1 is 1.26 bits per heavy atom. The van der Waals surface area contributed by atoms with E-state index in [0.717, 1.165) is 27.9 Å². The smallest absolute Gasteiger partial charge is 0.0587 e. The number of benzene rings is 1. The fourth-order valence-electron chi connectivity index (χ4n) is 3.61. The van der Waals surface area contributed by atoms with Gasteiger partial charge in [-0.25, -0.2) is 0 Å². The summed E-state index contributed by atoms with van der Waals surface area (Å²) in [7, 11) is 2.29. The molecule has 0 saturated carbocycles. The van der Waals surface area contributed by atoms with Crippen LogP contribution in [0.5, 0.6) is 0 Å². The van der Waals surface area contributed by atoms with E-state index in [2.05, 4.69) is 39.3 Å². The molecule has 2 saturated heterocycles. The molecule has 2 fully saturated rings. The fraction of sp³-hybridized carbons (Fsp3) is 0.600. The van der Waals surface area contributed by atoms with Gasteiger partial charge in [0.1, 0.15) is 0 Å². The normalized spacial score (nSPS) is 31.2. The summed E-state index contributed by atoms with van der Waals surface area (Å²) in [6.07, 6.45) is 6.56. The fourth-order valence-corrected chi connectivity index (χ4v) is 3.97. The van der Waals surface area contributed by atoms with Gasteiger partial charge in [0, 0.05) is 22.6 Å². The largest absolute Gasteiger partial charge is 0.397 e. The molecule has 2 bridgehead atoms. The van der Waals surface area contributed by atoms with Crippen LogP contribution < -0.4 is 11.1 Å². The van der Waals surface area contributed by atoms with Crippen molar-refractivity contribution < 1.29 is 0 Å². The average Bonchev–Trinajstić information content (AvgIpc) is 2.35. The predicted octanol–water partition coefficient (Wildman–Crippen LogP) is 3.46. The van der Waals surface area contributed by atoms with Crippen molar-refractivity contribution in [3.63, 3.8) is 0 Å². The first-order chi connectivity index (χ1) is 9.13. The van der Waals surface area contributed by atoms with Crippen LogP contribution in [0.1, 0.15) is 32.1 Å². The van der Waals surface area contributed by atoms with Gasteiger partial charge in [0.2, 0.25) is 0 Å². The standard InChI is InChI=1S/C15H22BrN3/c1-19-12-3-2-4-13(19)9-11(8-12)18-15-7-10(16)5-6-14(15)17/h5-7,11-13,18H,2-4,8-9,17H2,1H3. The van der Waals surface area contributed by atoms with Gasteiger partial charge in [-0.1, -0.05) is 22.4 Å². The van der Waals surface area contributed by atoms with E-state index < -0.39 is 0 Å². The molecule has 0 aromatic heterocycles. The lowest BCUT2D eigenvalue weighted by Crippen LogP contribution is -2.52. The minimum Gasteiger partial charge on any atom is -0.397 e. The Morgan fingerprint density at radius 3 is 2.63 bits per heavy atom. The highest BCUT2D eigenvalue weighted by molar-refractivity contribution is 9.10. The number of hydrogen-bond acceptors (Lipinski definition) is 3. The summed E-state index contributed by atoms with van der Waals surface area (Å²) in [5, 5.41) is 3.66. The van der Waals surface area contributed by atoms with Crippen molar-refractivity contribution in [2.75, 3.05) is 18.1 Å². The quantitative estimate of drug-likeness (QED) is 0.819. The van der Waals surface area contributed by atoms with Crippen molar-refractivity contribution >= 4 is 27.3 Å². The molecule has 2 aliphatic heterocycles. The lowest BCUT2D eigenvalue weighted by atomic mass is 9.82. The van der Waals surface area contributed by atoms with E-state index in [1.807, 2.05) is 12.1 Å². The van der Waals surface area contributed by atoms with Gasteiger partial charge in [-0.2, -0.15) is 0 Å². The number of piperidine rings is 2. The first-order valence-electron chi connectivity index (χ1n) is 7.17. The van der Waals surface area contributed by atoms with Crippen molar-refractivity contribution in [2.45, 2.75) is 50.2 Å². The topological polar surface area (TPSA) is 41.3 Å². The number of nitrogens with one attached hydrogen (secondary N) is 1. The first-order valence-corrected chi connectivity index (χ1v) is 7.96. The summed E-state index contributed by atoms with van der Waals surface area (Å²) >= 11 is 3.52. The molecule has 2 heterocycles. The number of anilines is 2. The Kier molecular flexibility index (Phi) is 3.72. The summed E-state index contributed by atoms with van der Waals surface area (Å²) in [4.78, 5) is 2.59. The third-order valence-electron chi connectivity index (χ3n) is 4.71. The van der Waals surface area contributed by atoms with E-state index in [1.54, 1.807) is 0 Å². The zero-order valence-electron chi connectivity index (χ0n) is 11.4. The monoisotopic (exact) mass is 323 g/mol. The maximum absolute atomic E-state index is 6.06. The van der Waals surface area contributed by atoms with Crippen molar-refractivity contribution in [3.8, 4) is 0 Å². The van der Waals surface area contributed by atoms with E-state index in [9.17, 15) is 0 Å². The highest BCUT2D eigenvalue weighted by atomic mass is 79.9. The highest BCUT2D eigenvalue weighted by Crippen LogP contribution is 2.35. The number of nitrogen functional groups attached to an aromatic ring is 1. The van der Waals surface area contributed by atoms with Crippen molar-refractivity contribution in [1.82, 2.24) is 4.90 Å². The molecule has 0 spiro atoms. The first kappa shape index (κ1) is 13.3. The molecule has 19 heavy (non-hydrogen) atoms. The van der Waals surface area contributed by atoms with E-state index in [4.69, 9.17) is 5.73 Å². The summed E-state index contributed by atoms with van der Waals surface area (Å²) in [6.45, 7) is 0. The summed E-state index contributed by atoms with van der Waals surface area (Å²) in [6, 6.07) is 8.09. The summed E-state index contributed by atoms with van der Waals surface area (Å²) in [5.74, 6) is 0. The van der Waals surface area contributed by atoms with Crippen LogP contribution in [0.2, 0.25) is 0 Å². The Morgan fingerprint density at radius 2 is 1.95 bits per heavy atom. The second-order valence-electron chi connectivity index (χ2n) is 5.95. The molecule has 1 aromatic rings. The van der Waals surface area contributed by atoms with E-state index >= 15 is 0 Å². The van der Waals surface area contributed by atoms with Crippen LogP contribution in [0.4, 0.5) is 11.4 Å². The van der Waals surface area contributed by atoms with Crippen LogP contribution in [0.15, 0.2) is 22.7 Å². The minimum atomic E-state index is 0.558. The number of fused-ring (bicyclic) bond motifs is 2. The van der Waals surface area contributed by atoms with E-state index in [-0.39, 0.29) is 0 Å². The number of rotatable bonds is 2. The van der Waals surface area contributed by atoms with Gasteiger partial charge in [0.15, 0.2) is 0 Å². The lowest BCUT2D eigenvalue weighted by molar-refractivity contribution is 0.0608. The maximum Gasteiger partial charge on any atom is 0.0587 e. The van der Waals surface area contributed by atoms with Gasteiger partial charge >= 0.3 is 0 Å². The van der Waals surface area contributed by atoms with Gasteiger partial charge < -0.3 is 16.0 Å². The van der Waals surface area contributed by atoms with E-state index in [1.165, 1.54) is 32.1 Å². The molecule has 2 unspecified atom stereocenters. The molecule has 2 atom stereocenters. The molecule has 1 aromatic carbocycles. The lowest BCUT2D eigenvalue weighted by Gasteiger charge is -2.47. The van der Waals surface area contributed by atoms with Crippen LogP contribution in [-0.4, -0.2) is 30.1 Å². The predicted molar refractivity (Wildman–Crippen MR) is 84.4 cm³/mol. The van der Waals surface area contributed by atoms with Crippen molar-refractivity contribution in [2.24, 2.45) is 0 Å². The zero-order valence-corrected chi connectivity index (χ0v) is 13.0.